The molecule has 1 aliphatic rings. The Bertz CT molecular complexity index is 887. The fraction of sp³-hybridized carbons (Fsp3) is 0.222. The normalized spacial score (nSPS) is 19.2. The van der Waals surface area contributed by atoms with E-state index in [1.165, 1.54) is 11.8 Å². The van der Waals surface area contributed by atoms with Gasteiger partial charge in [0.1, 0.15) is 5.78 Å². The lowest BCUT2D eigenvalue weighted by atomic mass is 9.90. The highest BCUT2D eigenvalue weighted by molar-refractivity contribution is 9.10. The number of halogens is 3. The summed E-state index contributed by atoms with van der Waals surface area (Å²) in [5.74, 6) is -0.810. The molecule has 4 nitrogen and oxygen atoms in total. The zero-order valence-electron chi connectivity index (χ0n) is 13.2. The van der Waals surface area contributed by atoms with Crippen LogP contribution in [0.25, 0.3) is 0 Å². The largest absolute Gasteiger partial charge is 0.375 e. The first-order valence-corrected chi connectivity index (χ1v) is 9.05. The van der Waals surface area contributed by atoms with Crippen molar-refractivity contribution in [1.29, 1.82) is 0 Å². The molecular formula is C18H14BrCl2NO3. The lowest BCUT2D eigenvalue weighted by Crippen LogP contribution is -2.41. The van der Waals surface area contributed by atoms with Gasteiger partial charge in [0.15, 0.2) is 5.60 Å². The Hall–Kier alpha value is -1.40. The van der Waals surface area contributed by atoms with E-state index in [0.717, 1.165) is 0 Å². The number of rotatable bonds is 4. The Kier molecular flexibility index (Phi) is 4.95. The molecule has 1 amide bonds. The third-order valence-corrected chi connectivity index (χ3v) is 5.22. The number of nitrogens with zero attached hydrogens (tertiary/aromatic N) is 1. The van der Waals surface area contributed by atoms with Crippen LogP contribution in [0.5, 0.6) is 0 Å². The summed E-state index contributed by atoms with van der Waals surface area (Å²) in [6.07, 6.45) is -0.278. The molecule has 0 radical (unpaired) electrons. The fourth-order valence-electron chi connectivity index (χ4n) is 3.03. The van der Waals surface area contributed by atoms with Gasteiger partial charge < -0.3 is 10.0 Å². The number of carbonyl (C=O) groups excluding carboxylic acids is 2. The molecule has 25 heavy (non-hydrogen) atoms. The van der Waals surface area contributed by atoms with E-state index < -0.39 is 11.5 Å². The van der Waals surface area contributed by atoms with E-state index in [4.69, 9.17) is 23.2 Å². The van der Waals surface area contributed by atoms with E-state index in [9.17, 15) is 14.7 Å². The molecule has 0 saturated heterocycles. The molecule has 1 heterocycles. The van der Waals surface area contributed by atoms with Crippen molar-refractivity contribution >= 4 is 56.5 Å². The second-order valence-electron chi connectivity index (χ2n) is 6.03. The Morgan fingerprint density at radius 2 is 1.96 bits per heavy atom. The number of anilines is 1. The molecule has 0 bridgehead atoms. The van der Waals surface area contributed by atoms with Gasteiger partial charge in [0.25, 0.3) is 5.91 Å². The summed E-state index contributed by atoms with van der Waals surface area (Å²) in [5.41, 5.74) is -0.209. The van der Waals surface area contributed by atoms with E-state index in [2.05, 4.69) is 15.9 Å². The fourth-order valence-corrected chi connectivity index (χ4v) is 3.86. The summed E-state index contributed by atoms with van der Waals surface area (Å²) in [4.78, 5) is 26.0. The summed E-state index contributed by atoms with van der Waals surface area (Å²) < 4.78 is 0.715. The number of Topliss-reactive ketones (excluding diaryl/α,β-unsaturated/α-hetero) is 1. The van der Waals surface area contributed by atoms with Crippen molar-refractivity contribution in [3.8, 4) is 0 Å². The van der Waals surface area contributed by atoms with Crippen LogP contribution in [0.3, 0.4) is 0 Å². The SMILES string of the molecule is CC(=O)CC1(O)C(=O)N(Cc2ccc(Cl)cc2Cl)c2ccc(Br)cc21. The van der Waals surface area contributed by atoms with Crippen LogP contribution < -0.4 is 4.90 Å². The molecule has 7 heteroatoms. The van der Waals surface area contributed by atoms with Gasteiger partial charge in [0.05, 0.1) is 12.2 Å². The molecule has 0 fully saturated rings. The zero-order chi connectivity index (χ0) is 18.4. The molecule has 1 unspecified atom stereocenters. The molecule has 0 spiro atoms. The van der Waals surface area contributed by atoms with Gasteiger partial charge in [-0.3, -0.25) is 9.59 Å². The van der Waals surface area contributed by atoms with Crippen LogP contribution >= 0.6 is 39.1 Å². The van der Waals surface area contributed by atoms with Crippen LogP contribution in [0.1, 0.15) is 24.5 Å². The molecule has 0 aromatic heterocycles. The van der Waals surface area contributed by atoms with Crippen LogP contribution in [0.15, 0.2) is 40.9 Å². The number of benzene rings is 2. The summed E-state index contributed by atoms with van der Waals surface area (Å²) in [6, 6.07) is 10.2. The summed E-state index contributed by atoms with van der Waals surface area (Å²) in [7, 11) is 0. The molecule has 3 rings (SSSR count). The van der Waals surface area contributed by atoms with Gasteiger partial charge in [-0.15, -0.1) is 0 Å². The van der Waals surface area contributed by atoms with Crippen molar-refractivity contribution in [1.82, 2.24) is 0 Å². The minimum absolute atomic E-state index is 0.170. The third kappa shape index (κ3) is 3.34. The van der Waals surface area contributed by atoms with Gasteiger partial charge in [0.2, 0.25) is 0 Å². The summed E-state index contributed by atoms with van der Waals surface area (Å²) >= 11 is 15.5. The Labute approximate surface area is 163 Å². The predicted octanol–water partition coefficient (Wildman–Crippen LogP) is 4.47. The van der Waals surface area contributed by atoms with Gasteiger partial charge in [-0.25, -0.2) is 0 Å². The molecule has 1 aliphatic heterocycles. The first-order valence-electron chi connectivity index (χ1n) is 7.50. The minimum Gasteiger partial charge on any atom is -0.375 e. The van der Waals surface area contributed by atoms with Crippen molar-refractivity contribution in [2.75, 3.05) is 4.90 Å². The Morgan fingerprint density at radius 1 is 1.24 bits per heavy atom. The molecule has 2 aromatic carbocycles. The monoisotopic (exact) mass is 441 g/mol. The number of ketones is 1. The maximum absolute atomic E-state index is 13.0. The van der Waals surface area contributed by atoms with Crippen LogP contribution in [-0.2, 0) is 21.7 Å². The van der Waals surface area contributed by atoms with Crippen LogP contribution in [0.2, 0.25) is 10.0 Å². The Morgan fingerprint density at radius 3 is 2.60 bits per heavy atom. The lowest BCUT2D eigenvalue weighted by Gasteiger charge is -2.22. The maximum atomic E-state index is 13.0. The van der Waals surface area contributed by atoms with Gasteiger partial charge >= 0.3 is 0 Å². The smallest absolute Gasteiger partial charge is 0.264 e. The third-order valence-electron chi connectivity index (χ3n) is 4.14. The van der Waals surface area contributed by atoms with E-state index >= 15 is 0 Å². The molecule has 1 N–H and O–H groups in total. The van der Waals surface area contributed by atoms with Gasteiger partial charge in [0, 0.05) is 26.5 Å². The average molecular weight is 443 g/mol. The number of amides is 1. The van der Waals surface area contributed by atoms with Crippen molar-refractivity contribution in [3.63, 3.8) is 0 Å². The maximum Gasteiger partial charge on any atom is 0.264 e. The van der Waals surface area contributed by atoms with Crippen molar-refractivity contribution in [2.24, 2.45) is 0 Å². The second kappa shape index (κ2) is 6.72. The summed E-state index contributed by atoms with van der Waals surface area (Å²) in [5, 5.41) is 11.9. The summed E-state index contributed by atoms with van der Waals surface area (Å²) in [6.45, 7) is 1.52. The molecule has 130 valence electrons. The quantitative estimate of drug-likeness (QED) is 0.759. The molecular weight excluding hydrogens is 429 g/mol. The minimum atomic E-state index is -1.87. The van der Waals surface area contributed by atoms with E-state index in [-0.39, 0.29) is 18.7 Å². The predicted molar refractivity (Wildman–Crippen MR) is 101 cm³/mol. The molecule has 0 saturated carbocycles. The van der Waals surface area contributed by atoms with Crippen molar-refractivity contribution in [3.05, 3.63) is 62.0 Å². The zero-order valence-corrected chi connectivity index (χ0v) is 16.3. The topological polar surface area (TPSA) is 57.6 Å². The first kappa shape index (κ1) is 18.4. The Balaban J connectivity index is 2.06. The van der Waals surface area contributed by atoms with Crippen LogP contribution in [-0.4, -0.2) is 16.8 Å². The highest BCUT2D eigenvalue weighted by Gasteiger charge is 2.50. The van der Waals surface area contributed by atoms with Crippen molar-refractivity contribution in [2.45, 2.75) is 25.5 Å². The van der Waals surface area contributed by atoms with Gasteiger partial charge in [-0.2, -0.15) is 0 Å². The second-order valence-corrected chi connectivity index (χ2v) is 7.79. The van der Waals surface area contributed by atoms with E-state index in [1.54, 1.807) is 36.4 Å². The number of carbonyl (C=O) groups is 2. The average Bonchev–Trinajstić information content (AvgIpc) is 2.71. The van der Waals surface area contributed by atoms with Gasteiger partial charge in [-0.05, 0) is 42.8 Å². The van der Waals surface area contributed by atoms with Gasteiger partial charge in [-0.1, -0.05) is 45.2 Å². The number of fused-ring (bicyclic) bond motifs is 1. The molecule has 1 atom stereocenters. The molecule has 0 aliphatic carbocycles. The number of hydrogen-bond donors (Lipinski definition) is 1. The highest BCUT2D eigenvalue weighted by Crippen LogP contribution is 2.44. The van der Waals surface area contributed by atoms with E-state index in [0.29, 0.717) is 31.3 Å². The highest BCUT2D eigenvalue weighted by atomic mass is 79.9. The number of hydrogen-bond acceptors (Lipinski definition) is 3. The van der Waals surface area contributed by atoms with Crippen molar-refractivity contribution < 1.29 is 14.7 Å². The van der Waals surface area contributed by atoms with E-state index in [1.807, 2.05) is 0 Å². The lowest BCUT2D eigenvalue weighted by molar-refractivity contribution is -0.141. The standard InChI is InChI=1S/C18H14BrCl2NO3/c1-10(23)8-18(25)14-6-12(19)3-5-16(14)22(17(18)24)9-11-2-4-13(20)7-15(11)21/h2-7,25H,8-9H2,1H3. The molecule has 2 aromatic rings. The van der Waals surface area contributed by atoms with Crippen LogP contribution in [0, 0.1) is 0 Å². The van der Waals surface area contributed by atoms with Crippen LogP contribution in [0.4, 0.5) is 5.69 Å². The first-order chi connectivity index (χ1) is 11.7. The number of aliphatic hydroxyl groups is 1.